The van der Waals surface area contributed by atoms with Gasteiger partial charge in [0.1, 0.15) is 0 Å². The quantitative estimate of drug-likeness (QED) is 0.740. The number of amides is 1. The van der Waals surface area contributed by atoms with Crippen LogP contribution >= 0.6 is 0 Å². The van der Waals surface area contributed by atoms with E-state index in [1.165, 1.54) is 6.92 Å². The first-order valence-electron chi connectivity index (χ1n) is 4.13. The van der Waals surface area contributed by atoms with Gasteiger partial charge in [-0.2, -0.15) is 0 Å². The van der Waals surface area contributed by atoms with Crippen molar-refractivity contribution >= 4 is 5.91 Å². The lowest BCUT2D eigenvalue weighted by Gasteiger charge is -2.02. The summed E-state index contributed by atoms with van der Waals surface area (Å²) in [6.45, 7) is 7.63. The number of pyridine rings is 1. The molecule has 13 heavy (non-hydrogen) atoms. The van der Waals surface area contributed by atoms with E-state index >= 15 is 0 Å². The van der Waals surface area contributed by atoms with Crippen LogP contribution in [0.2, 0.25) is 0 Å². The molecule has 0 unspecified atom stereocenters. The topological polar surface area (TPSA) is 42.0 Å². The molecule has 0 saturated heterocycles. The van der Waals surface area contributed by atoms with Gasteiger partial charge in [-0.3, -0.25) is 9.78 Å². The Bertz CT molecular complexity index is 297. The molecular weight excluding hydrogens is 164 g/mol. The second kappa shape index (κ2) is 4.60. The Morgan fingerprint density at radius 3 is 3.08 bits per heavy atom. The third kappa shape index (κ3) is 3.69. The maximum absolute atomic E-state index is 10.6. The smallest absolute Gasteiger partial charge is 0.216 e. The minimum atomic E-state index is -0.0120. The van der Waals surface area contributed by atoms with Crippen LogP contribution in [0.5, 0.6) is 0 Å². The molecule has 2 radical (unpaired) electrons. The standard InChI is InChI=1S/C10H12N2O/c1-8-7-10(3-5-11-8)4-6-12-9(2)13/h1,3,5,7H,4,6H2,2H3,(H,12,13). The van der Waals surface area contributed by atoms with Gasteiger partial charge in [-0.1, -0.05) is 0 Å². The zero-order valence-corrected chi connectivity index (χ0v) is 7.58. The van der Waals surface area contributed by atoms with Gasteiger partial charge in [0.2, 0.25) is 5.91 Å². The zero-order chi connectivity index (χ0) is 9.68. The third-order valence-corrected chi connectivity index (χ3v) is 1.63. The Morgan fingerprint density at radius 1 is 1.69 bits per heavy atom. The number of hydrogen-bond acceptors (Lipinski definition) is 2. The molecule has 3 heteroatoms. The van der Waals surface area contributed by atoms with Crippen LogP contribution in [-0.2, 0) is 11.2 Å². The summed E-state index contributed by atoms with van der Waals surface area (Å²) in [4.78, 5) is 14.4. The number of nitrogens with zero attached hydrogens (tertiary/aromatic N) is 1. The monoisotopic (exact) mass is 176 g/mol. The van der Waals surface area contributed by atoms with Crippen molar-refractivity contribution in [2.75, 3.05) is 6.54 Å². The molecule has 1 aromatic heterocycles. The van der Waals surface area contributed by atoms with Crippen LogP contribution in [0.4, 0.5) is 0 Å². The second-order valence-corrected chi connectivity index (χ2v) is 2.82. The van der Waals surface area contributed by atoms with Gasteiger partial charge in [-0.15, -0.1) is 0 Å². The Hall–Kier alpha value is -1.38. The predicted molar refractivity (Wildman–Crippen MR) is 50.0 cm³/mol. The highest BCUT2D eigenvalue weighted by molar-refractivity contribution is 5.72. The average molecular weight is 176 g/mol. The molecule has 0 bridgehead atoms. The first-order valence-corrected chi connectivity index (χ1v) is 4.13. The van der Waals surface area contributed by atoms with E-state index in [1.807, 2.05) is 12.1 Å². The van der Waals surface area contributed by atoms with E-state index in [4.69, 9.17) is 6.92 Å². The summed E-state index contributed by atoms with van der Waals surface area (Å²) >= 11 is 0. The van der Waals surface area contributed by atoms with Gasteiger partial charge >= 0.3 is 0 Å². The molecule has 1 N–H and O–H groups in total. The SMILES string of the molecule is [CH]c1cc(CCNC(C)=O)ccn1. The molecule has 0 spiro atoms. The Balaban J connectivity index is 2.41. The molecular formula is C10H12N2O. The first kappa shape index (κ1) is 9.71. The Morgan fingerprint density at radius 2 is 2.46 bits per heavy atom. The molecule has 3 nitrogen and oxygen atoms in total. The van der Waals surface area contributed by atoms with Crippen molar-refractivity contribution < 1.29 is 4.79 Å². The maximum Gasteiger partial charge on any atom is 0.216 e. The average Bonchev–Trinajstić information content (AvgIpc) is 2.03. The summed E-state index contributed by atoms with van der Waals surface area (Å²) in [6, 6.07) is 3.69. The van der Waals surface area contributed by atoms with Crippen molar-refractivity contribution in [1.29, 1.82) is 0 Å². The summed E-state index contributed by atoms with van der Waals surface area (Å²) in [5.41, 5.74) is 1.60. The van der Waals surface area contributed by atoms with E-state index in [2.05, 4.69) is 10.3 Å². The lowest BCUT2D eigenvalue weighted by Crippen LogP contribution is -2.22. The van der Waals surface area contributed by atoms with Crippen molar-refractivity contribution in [3.63, 3.8) is 0 Å². The van der Waals surface area contributed by atoms with Gasteiger partial charge in [0.15, 0.2) is 0 Å². The van der Waals surface area contributed by atoms with Crippen LogP contribution in [0, 0.1) is 6.92 Å². The van der Waals surface area contributed by atoms with Gasteiger partial charge < -0.3 is 5.32 Å². The van der Waals surface area contributed by atoms with E-state index in [1.54, 1.807) is 6.20 Å². The molecule has 0 aliphatic rings. The number of aromatic nitrogens is 1. The number of carbonyl (C=O) groups excluding carboxylic acids is 1. The van der Waals surface area contributed by atoms with Gasteiger partial charge in [-0.05, 0) is 24.1 Å². The number of hydrogen-bond donors (Lipinski definition) is 1. The van der Waals surface area contributed by atoms with Crippen molar-refractivity contribution in [3.8, 4) is 0 Å². The normalized spacial score (nSPS) is 9.69. The van der Waals surface area contributed by atoms with Crippen LogP contribution in [0.1, 0.15) is 18.2 Å². The molecule has 0 atom stereocenters. The van der Waals surface area contributed by atoms with E-state index in [9.17, 15) is 4.79 Å². The molecule has 1 heterocycles. The molecule has 68 valence electrons. The molecule has 1 amide bonds. The fourth-order valence-corrected chi connectivity index (χ4v) is 1.03. The molecule has 0 fully saturated rings. The molecule has 0 aliphatic carbocycles. The lowest BCUT2D eigenvalue weighted by molar-refractivity contribution is -0.118. The first-order chi connectivity index (χ1) is 6.18. The van der Waals surface area contributed by atoms with Gasteiger partial charge in [0.25, 0.3) is 0 Å². The fraction of sp³-hybridized carbons (Fsp3) is 0.300. The molecule has 0 aliphatic heterocycles. The van der Waals surface area contributed by atoms with Crippen LogP contribution in [0.15, 0.2) is 18.3 Å². The van der Waals surface area contributed by atoms with Crippen molar-refractivity contribution in [2.24, 2.45) is 0 Å². The molecule has 0 saturated carbocycles. The van der Waals surface area contributed by atoms with E-state index in [-0.39, 0.29) is 5.91 Å². The van der Waals surface area contributed by atoms with Crippen LogP contribution in [0.3, 0.4) is 0 Å². The van der Waals surface area contributed by atoms with Gasteiger partial charge in [0.05, 0.1) is 0 Å². The minimum Gasteiger partial charge on any atom is -0.356 e. The minimum absolute atomic E-state index is 0.0120. The van der Waals surface area contributed by atoms with Crippen molar-refractivity contribution in [1.82, 2.24) is 10.3 Å². The van der Waals surface area contributed by atoms with E-state index in [0.717, 1.165) is 12.0 Å². The van der Waals surface area contributed by atoms with E-state index < -0.39 is 0 Å². The summed E-state index contributed by atoms with van der Waals surface area (Å²) in [7, 11) is 0. The largest absolute Gasteiger partial charge is 0.356 e. The summed E-state index contributed by atoms with van der Waals surface area (Å²) < 4.78 is 0. The van der Waals surface area contributed by atoms with Crippen molar-refractivity contribution in [3.05, 3.63) is 36.5 Å². The second-order valence-electron chi connectivity index (χ2n) is 2.82. The molecule has 1 aromatic rings. The Kier molecular flexibility index (Phi) is 3.43. The Labute approximate surface area is 78.2 Å². The molecule has 1 rings (SSSR count). The van der Waals surface area contributed by atoms with Crippen molar-refractivity contribution in [2.45, 2.75) is 13.3 Å². The van der Waals surface area contributed by atoms with Crippen LogP contribution in [0.25, 0.3) is 0 Å². The highest BCUT2D eigenvalue weighted by Crippen LogP contribution is 2.00. The number of carbonyl (C=O) groups is 1. The predicted octanol–water partition coefficient (Wildman–Crippen LogP) is 0.819. The highest BCUT2D eigenvalue weighted by Gasteiger charge is 1.94. The molecule has 0 aromatic carbocycles. The van der Waals surface area contributed by atoms with Gasteiger partial charge in [-0.25, -0.2) is 0 Å². The summed E-state index contributed by atoms with van der Waals surface area (Å²) in [6.07, 6.45) is 2.45. The lowest BCUT2D eigenvalue weighted by atomic mass is 10.2. The van der Waals surface area contributed by atoms with E-state index in [0.29, 0.717) is 12.2 Å². The fourth-order valence-electron chi connectivity index (χ4n) is 1.03. The van der Waals surface area contributed by atoms with Gasteiger partial charge in [0, 0.05) is 32.3 Å². The maximum atomic E-state index is 10.6. The van der Waals surface area contributed by atoms with Crippen LogP contribution < -0.4 is 5.32 Å². The zero-order valence-electron chi connectivity index (χ0n) is 7.58. The number of nitrogens with one attached hydrogen (secondary N) is 1. The summed E-state index contributed by atoms with van der Waals surface area (Å²) in [5.74, 6) is -0.0120. The number of rotatable bonds is 3. The highest BCUT2D eigenvalue weighted by atomic mass is 16.1. The van der Waals surface area contributed by atoms with Crippen LogP contribution in [-0.4, -0.2) is 17.4 Å². The summed E-state index contributed by atoms with van der Waals surface area (Å²) in [5, 5.41) is 2.71. The third-order valence-electron chi connectivity index (χ3n) is 1.63.